The van der Waals surface area contributed by atoms with Gasteiger partial charge in [-0.05, 0) is 54.7 Å². The molecule has 2 aromatic carbocycles. The van der Waals surface area contributed by atoms with E-state index in [1.54, 1.807) is 0 Å². The molecule has 0 spiro atoms. The van der Waals surface area contributed by atoms with Crippen molar-refractivity contribution in [3.05, 3.63) is 35.4 Å². The average molecular weight is 499 g/mol. The van der Waals surface area contributed by atoms with Crippen LogP contribution in [0.5, 0.6) is 34.5 Å². The minimum Gasteiger partial charge on any atom is -0.778 e. The van der Waals surface area contributed by atoms with E-state index in [9.17, 15) is 40.1 Å². The standard InChI is InChI=1S/C23H34NO9P/c1-24(2,8-3-6-16-12-18(25)22(29)19(26)13-16)9-5-11-34(31,32)33-10-4-7-17-14-20(27)23(30)21(28)15-17/h12-15H,3-11H2,1-2H3,(H6-,25,26,27,28,29,30,31,32). The van der Waals surface area contributed by atoms with Crippen LogP contribution < -0.4 is 4.89 Å². The Labute approximate surface area is 199 Å². The van der Waals surface area contributed by atoms with Gasteiger partial charge in [-0.15, -0.1) is 0 Å². The van der Waals surface area contributed by atoms with Crippen LogP contribution in [0.15, 0.2) is 24.3 Å². The number of phenolic OH excluding ortho intramolecular Hbond substituents is 6. The SMILES string of the molecule is C[N+](C)(CCCc1cc(O)c(O)c(O)c1)CCCP(=O)([O-])OCCCc1cc(O)c(O)c(O)c1. The van der Waals surface area contributed by atoms with Crippen molar-refractivity contribution in [2.24, 2.45) is 0 Å². The van der Waals surface area contributed by atoms with Crippen LogP contribution in [0.1, 0.15) is 30.4 Å². The van der Waals surface area contributed by atoms with Crippen molar-refractivity contribution in [3.63, 3.8) is 0 Å². The van der Waals surface area contributed by atoms with Crippen LogP contribution in [-0.4, -0.2) is 75.1 Å². The topological polar surface area (TPSA) is 171 Å². The van der Waals surface area contributed by atoms with Gasteiger partial charge < -0.3 is 49.1 Å². The molecular weight excluding hydrogens is 465 g/mol. The van der Waals surface area contributed by atoms with E-state index in [-0.39, 0.29) is 24.3 Å². The second kappa shape index (κ2) is 11.7. The summed E-state index contributed by atoms with van der Waals surface area (Å²) in [6.45, 7) is 1.35. The maximum atomic E-state index is 12.2. The van der Waals surface area contributed by atoms with Crippen molar-refractivity contribution >= 4 is 7.60 Å². The first-order valence-corrected chi connectivity index (χ1v) is 12.8. The van der Waals surface area contributed by atoms with Gasteiger partial charge in [-0.2, -0.15) is 0 Å². The molecule has 0 radical (unpaired) electrons. The van der Waals surface area contributed by atoms with E-state index < -0.39 is 30.6 Å². The summed E-state index contributed by atoms with van der Waals surface area (Å²) in [7, 11) is -0.0124. The van der Waals surface area contributed by atoms with Crippen molar-refractivity contribution in [2.45, 2.75) is 32.1 Å². The summed E-state index contributed by atoms with van der Waals surface area (Å²) < 4.78 is 17.8. The number of rotatable bonds is 13. The minimum atomic E-state index is -3.99. The molecule has 0 saturated carbocycles. The summed E-state index contributed by atoms with van der Waals surface area (Å²) in [6.07, 6.45) is 2.39. The summed E-state index contributed by atoms with van der Waals surface area (Å²) in [4.78, 5) is 12.2. The molecule has 0 aliphatic carbocycles. The first-order chi connectivity index (χ1) is 15.8. The van der Waals surface area contributed by atoms with Gasteiger partial charge in [0.25, 0.3) is 0 Å². The number of aryl methyl sites for hydroxylation is 2. The Morgan fingerprint density at radius 3 is 1.65 bits per heavy atom. The molecule has 0 bridgehead atoms. The second-order valence-electron chi connectivity index (χ2n) is 9.08. The summed E-state index contributed by atoms with van der Waals surface area (Å²) in [5, 5.41) is 56.9. The number of quaternary nitrogens is 1. The zero-order valence-corrected chi connectivity index (χ0v) is 20.4. The summed E-state index contributed by atoms with van der Waals surface area (Å²) in [5.41, 5.74) is 1.25. The number of aromatic hydroxyl groups is 6. The third-order valence-electron chi connectivity index (χ3n) is 5.58. The summed E-state index contributed by atoms with van der Waals surface area (Å²) >= 11 is 0. The molecule has 6 N–H and O–H groups in total. The van der Waals surface area contributed by atoms with Crippen LogP contribution in [0.3, 0.4) is 0 Å². The van der Waals surface area contributed by atoms with Crippen molar-refractivity contribution in [2.75, 3.05) is 40.0 Å². The lowest BCUT2D eigenvalue weighted by Crippen LogP contribution is -2.41. The van der Waals surface area contributed by atoms with Gasteiger partial charge in [-0.3, -0.25) is 0 Å². The fraction of sp³-hybridized carbons (Fsp3) is 0.478. The number of nitrogens with zero attached hydrogens (tertiary/aromatic N) is 1. The van der Waals surface area contributed by atoms with Crippen molar-refractivity contribution in [1.29, 1.82) is 0 Å². The van der Waals surface area contributed by atoms with E-state index in [0.717, 1.165) is 13.0 Å². The highest BCUT2D eigenvalue weighted by Crippen LogP contribution is 2.39. The van der Waals surface area contributed by atoms with Crippen LogP contribution in [0.4, 0.5) is 0 Å². The molecule has 2 rings (SSSR count). The largest absolute Gasteiger partial charge is 0.778 e. The molecule has 0 amide bonds. The zero-order chi connectivity index (χ0) is 25.5. The van der Waals surface area contributed by atoms with Crippen LogP contribution >= 0.6 is 7.60 Å². The zero-order valence-electron chi connectivity index (χ0n) is 19.5. The average Bonchev–Trinajstić information content (AvgIpc) is 2.72. The number of phenols is 6. The summed E-state index contributed by atoms with van der Waals surface area (Å²) in [5.74, 6) is -2.74. The normalized spacial score (nSPS) is 13.6. The van der Waals surface area contributed by atoms with Crippen molar-refractivity contribution in [1.82, 2.24) is 0 Å². The van der Waals surface area contributed by atoms with E-state index in [1.807, 2.05) is 14.1 Å². The van der Waals surface area contributed by atoms with E-state index in [1.165, 1.54) is 24.3 Å². The van der Waals surface area contributed by atoms with Gasteiger partial charge in [-0.25, -0.2) is 0 Å². The van der Waals surface area contributed by atoms with Crippen LogP contribution in [-0.2, 0) is 21.9 Å². The van der Waals surface area contributed by atoms with Crippen molar-refractivity contribution in [3.8, 4) is 34.5 Å². The monoisotopic (exact) mass is 499 g/mol. The quantitative estimate of drug-likeness (QED) is 0.105. The molecule has 190 valence electrons. The molecule has 0 aliphatic rings. The lowest BCUT2D eigenvalue weighted by molar-refractivity contribution is -0.890. The van der Waals surface area contributed by atoms with Crippen LogP contribution in [0, 0.1) is 0 Å². The molecule has 1 unspecified atom stereocenters. The van der Waals surface area contributed by atoms with Gasteiger partial charge in [0.05, 0.1) is 33.8 Å². The fourth-order valence-electron chi connectivity index (χ4n) is 3.67. The lowest BCUT2D eigenvalue weighted by Gasteiger charge is -2.31. The van der Waals surface area contributed by atoms with E-state index >= 15 is 0 Å². The molecule has 34 heavy (non-hydrogen) atoms. The Balaban J connectivity index is 1.68. The number of hydrogen-bond donors (Lipinski definition) is 6. The number of benzene rings is 2. The highest BCUT2D eigenvalue weighted by Gasteiger charge is 2.18. The molecule has 0 saturated heterocycles. The first kappa shape index (κ1) is 27.6. The second-order valence-corrected chi connectivity index (χ2v) is 11.0. The summed E-state index contributed by atoms with van der Waals surface area (Å²) in [6, 6.07) is 5.43. The Kier molecular flexibility index (Phi) is 9.46. The fourth-order valence-corrected chi connectivity index (χ4v) is 4.74. The maximum Gasteiger partial charge on any atom is 0.200 e. The van der Waals surface area contributed by atoms with Gasteiger partial charge in [0, 0.05) is 19.0 Å². The van der Waals surface area contributed by atoms with Gasteiger partial charge in [0.2, 0.25) is 0 Å². The molecule has 11 heteroatoms. The third-order valence-corrected chi connectivity index (χ3v) is 7.02. The van der Waals surface area contributed by atoms with E-state index in [2.05, 4.69) is 0 Å². The van der Waals surface area contributed by atoms with Crippen LogP contribution in [0.2, 0.25) is 0 Å². The highest BCUT2D eigenvalue weighted by molar-refractivity contribution is 7.51. The van der Waals surface area contributed by atoms with E-state index in [0.29, 0.717) is 47.8 Å². The van der Waals surface area contributed by atoms with Gasteiger partial charge >= 0.3 is 0 Å². The van der Waals surface area contributed by atoms with E-state index in [4.69, 9.17) is 4.52 Å². The Morgan fingerprint density at radius 1 is 0.765 bits per heavy atom. The molecular formula is C23H34NO9P. The lowest BCUT2D eigenvalue weighted by atomic mass is 10.1. The molecule has 0 fully saturated rings. The molecule has 10 nitrogen and oxygen atoms in total. The highest BCUT2D eigenvalue weighted by atomic mass is 31.2. The van der Waals surface area contributed by atoms with Gasteiger partial charge in [0.15, 0.2) is 34.5 Å². The molecule has 2 aromatic rings. The maximum absolute atomic E-state index is 12.2. The molecule has 0 aromatic heterocycles. The predicted molar refractivity (Wildman–Crippen MR) is 124 cm³/mol. The Bertz CT molecular complexity index is 979. The van der Waals surface area contributed by atoms with Gasteiger partial charge in [-0.1, -0.05) is 0 Å². The van der Waals surface area contributed by atoms with Crippen molar-refractivity contribution < 1.29 is 49.1 Å². The first-order valence-electron chi connectivity index (χ1n) is 11.0. The molecule has 1 atom stereocenters. The predicted octanol–water partition coefficient (Wildman–Crippen LogP) is 2.52. The van der Waals surface area contributed by atoms with Gasteiger partial charge in [0.1, 0.15) is 7.60 Å². The third kappa shape index (κ3) is 8.61. The Morgan fingerprint density at radius 2 is 1.18 bits per heavy atom. The molecule has 0 heterocycles. The minimum absolute atomic E-state index is 0.0201. The molecule has 0 aliphatic heterocycles. The smallest absolute Gasteiger partial charge is 0.200 e. The Hall–Kier alpha value is -2.65. The number of hydrogen-bond acceptors (Lipinski definition) is 9. The van der Waals surface area contributed by atoms with Crippen LogP contribution in [0.25, 0.3) is 0 Å².